The summed E-state index contributed by atoms with van der Waals surface area (Å²) in [6.07, 6.45) is -4.97. The fourth-order valence-corrected chi connectivity index (χ4v) is 2.38. The number of alkyl halides is 3. The van der Waals surface area contributed by atoms with Gasteiger partial charge in [0.15, 0.2) is 0 Å². The Kier molecular flexibility index (Phi) is 5.28. The Bertz CT molecular complexity index is 839. The molecule has 9 heteroatoms. The number of hydrogen-bond acceptors (Lipinski definition) is 3. The van der Waals surface area contributed by atoms with Crippen LogP contribution in [0.2, 0.25) is 5.15 Å². The van der Waals surface area contributed by atoms with Crippen molar-refractivity contribution in [1.29, 1.82) is 0 Å². The van der Waals surface area contributed by atoms with Gasteiger partial charge in [0.1, 0.15) is 28.0 Å². The standard InChI is InChI=1S/C17H13ClF5NO2/c1-16(2,3)26-15(25)13-11(17(21,22)23)7-12(24-14(13)18)8-4-9(19)6-10(20)5-8/h4-7H,1-3H3. The second-order valence-corrected chi connectivity index (χ2v) is 6.74. The molecular formula is C17H13ClF5NO2. The quantitative estimate of drug-likeness (QED) is 0.376. The molecule has 0 aliphatic heterocycles. The number of ether oxygens (including phenoxy) is 1. The maximum atomic E-state index is 13.4. The Labute approximate surface area is 150 Å². The first kappa shape index (κ1) is 20.1. The first-order chi connectivity index (χ1) is 11.8. The van der Waals surface area contributed by atoms with Gasteiger partial charge in [-0.05, 0) is 39.0 Å². The number of hydrogen-bond donors (Lipinski definition) is 0. The summed E-state index contributed by atoms with van der Waals surface area (Å²) in [7, 11) is 0. The monoisotopic (exact) mass is 393 g/mol. The number of halogens is 6. The van der Waals surface area contributed by atoms with Gasteiger partial charge in [0.25, 0.3) is 0 Å². The minimum atomic E-state index is -4.97. The van der Waals surface area contributed by atoms with Crippen LogP contribution in [0.4, 0.5) is 22.0 Å². The molecular weight excluding hydrogens is 381 g/mol. The van der Waals surface area contributed by atoms with Crippen LogP contribution in [0.5, 0.6) is 0 Å². The Morgan fingerprint density at radius 3 is 2.04 bits per heavy atom. The molecule has 3 nitrogen and oxygen atoms in total. The highest BCUT2D eigenvalue weighted by molar-refractivity contribution is 6.32. The first-order valence-corrected chi connectivity index (χ1v) is 7.63. The molecule has 0 atom stereocenters. The first-order valence-electron chi connectivity index (χ1n) is 7.25. The molecule has 1 aromatic heterocycles. The summed E-state index contributed by atoms with van der Waals surface area (Å²) in [4.78, 5) is 15.8. The Morgan fingerprint density at radius 2 is 1.58 bits per heavy atom. The lowest BCUT2D eigenvalue weighted by Gasteiger charge is -2.22. The predicted molar refractivity (Wildman–Crippen MR) is 84.8 cm³/mol. The van der Waals surface area contributed by atoms with Gasteiger partial charge in [-0.2, -0.15) is 13.2 Å². The lowest BCUT2D eigenvalue weighted by Crippen LogP contribution is -2.26. The maximum Gasteiger partial charge on any atom is 0.417 e. The molecule has 140 valence electrons. The molecule has 0 aliphatic carbocycles. The van der Waals surface area contributed by atoms with Crippen LogP contribution in [0.1, 0.15) is 36.7 Å². The van der Waals surface area contributed by atoms with Crippen LogP contribution in [-0.2, 0) is 10.9 Å². The summed E-state index contributed by atoms with van der Waals surface area (Å²) < 4.78 is 71.9. The van der Waals surface area contributed by atoms with Gasteiger partial charge >= 0.3 is 12.1 Å². The van der Waals surface area contributed by atoms with Crippen LogP contribution >= 0.6 is 11.6 Å². The molecule has 0 N–H and O–H groups in total. The van der Waals surface area contributed by atoms with Gasteiger partial charge in [-0.1, -0.05) is 11.6 Å². The van der Waals surface area contributed by atoms with Crippen molar-refractivity contribution in [2.45, 2.75) is 32.5 Å². The average molecular weight is 394 g/mol. The minimum absolute atomic E-state index is 0.259. The summed E-state index contributed by atoms with van der Waals surface area (Å²) in [6.45, 7) is 4.43. The highest BCUT2D eigenvalue weighted by Gasteiger charge is 2.39. The number of benzene rings is 1. The van der Waals surface area contributed by atoms with Gasteiger partial charge in [-0.15, -0.1) is 0 Å². The number of carbonyl (C=O) groups is 1. The zero-order valence-electron chi connectivity index (χ0n) is 13.8. The van der Waals surface area contributed by atoms with Crippen molar-refractivity contribution in [3.63, 3.8) is 0 Å². The minimum Gasteiger partial charge on any atom is -0.456 e. The molecule has 0 radical (unpaired) electrons. The Balaban J connectivity index is 2.67. The maximum absolute atomic E-state index is 13.4. The van der Waals surface area contributed by atoms with Gasteiger partial charge < -0.3 is 4.74 Å². The normalized spacial score (nSPS) is 12.2. The van der Waals surface area contributed by atoms with E-state index in [1.165, 1.54) is 20.8 Å². The van der Waals surface area contributed by atoms with E-state index >= 15 is 0 Å². The fraction of sp³-hybridized carbons (Fsp3) is 0.294. The second-order valence-electron chi connectivity index (χ2n) is 6.38. The van der Waals surface area contributed by atoms with Crippen molar-refractivity contribution in [3.8, 4) is 11.3 Å². The predicted octanol–water partition coefficient (Wildman–Crippen LogP) is 5.65. The van der Waals surface area contributed by atoms with Crippen LogP contribution in [0.15, 0.2) is 24.3 Å². The third-order valence-electron chi connectivity index (χ3n) is 3.04. The molecule has 0 saturated carbocycles. The van der Waals surface area contributed by atoms with Crippen LogP contribution in [0, 0.1) is 11.6 Å². The summed E-state index contributed by atoms with van der Waals surface area (Å²) in [5, 5.41) is -0.784. The molecule has 0 aliphatic rings. The van der Waals surface area contributed by atoms with Gasteiger partial charge in [-0.25, -0.2) is 18.6 Å². The molecule has 26 heavy (non-hydrogen) atoms. The molecule has 0 bridgehead atoms. The van der Waals surface area contributed by atoms with Gasteiger partial charge in [-0.3, -0.25) is 0 Å². The van der Waals surface area contributed by atoms with Crippen LogP contribution < -0.4 is 0 Å². The number of esters is 1. The van der Waals surface area contributed by atoms with E-state index in [9.17, 15) is 26.7 Å². The van der Waals surface area contributed by atoms with Crippen molar-refractivity contribution in [1.82, 2.24) is 4.98 Å². The van der Waals surface area contributed by atoms with E-state index in [1.54, 1.807) is 0 Å². The third kappa shape index (κ3) is 4.69. The fourth-order valence-electron chi connectivity index (χ4n) is 2.11. The van der Waals surface area contributed by atoms with E-state index in [4.69, 9.17) is 16.3 Å². The molecule has 0 fully saturated rings. The van der Waals surface area contributed by atoms with Gasteiger partial charge in [0.2, 0.25) is 0 Å². The highest BCUT2D eigenvalue weighted by Crippen LogP contribution is 2.38. The zero-order valence-corrected chi connectivity index (χ0v) is 14.6. The third-order valence-corrected chi connectivity index (χ3v) is 3.32. The van der Waals surface area contributed by atoms with Crippen molar-refractivity contribution in [3.05, 3.63) is 52.2 Å². The molecule has 2 aromatic rings. The van der Waals surface area contributed by atoms with Gasteiger partial charge in [0, 0.05) is 11.6 Å². The highest BCUT2D eigenvalue weighted by atomic mass is 35.5. The van der Waals surface area contributed by atoms with Crippen molar-refractivity contribution < 1.29 is 31.5 Å². The van der Waals surface area contributed by atoms with E-state index in [1.807, 2.05) is 0 Å². The summed E-state index contributed by atoms with van der Waals surface area (Å²) >= 11 is 5.79. The molecule has 0 saturated heterocycles. The molecule has 1 aromatic carbocycles. The number of carbonyl (C=O) groups excluding carboxylic acids is 1. The Morgan fingerprint density at radius 1 is 1.04 bits per heavy atom. The number of rotatable bonds is 2. The van der Waals surface area contributed by atoms with E-state index in [0.717, 1.165) is 12.1 Å². The molecule has 0 unspecified atom stereocenters. The van der Waals surface area contributed by atoms with Crippen molar-refractivity contribution in [2.75, 3.05) is 0 Å². The van der Waals surface area contributed by atoms with E-state index in [-0.39, 0.29) is 5.56 Å². The van der Waals surface area contributed by atoms with Crippen molar-refractivity contribution in [2.24, 2.45) is 0 Å². The number of aromatic nitrogens is 1. The van der Waals surface area contributed by atoms with Gasteiger partial charge in [0.05, 0.1) is 11.3 Å². The number of nitrogens with zero attached hydrogens (tertiary/aromatic N) is 1. The van der Waals surface area contributed by atoms with E-state index < -0.39 is 51.4 Å². The summed E-state index contributed by atoms with van der Waals surface area (Å²) in [6, 6.07) is 2.66. The smallest absolute Gasteiger partial charge is 0.417 e. The molecule has 1 heterocycles. The van der Waals surface area contributed by atoms with E-state index in [0.29, 0.717) is 12.1 Å². The molecule has 0 spiro atoms. The van der Waals surface area contributed by atoms with Crippen LogP contribution in [0.25, 0.3) is 11.3 Å². The average Bonchev–Trinajstić information content (AvgIpc) is 2.42. The summed E-state index contributed by atoms with van der Waals surface area (Å²) in [5.74, 6) is -3.30. The largest absolute Gasteiger partial charge is 0.456 e. The topological polar surface area (TPSA) is 39.2 Å². The van der Waals surface area contributed by atoms with Crippen LogP contribution in [0.3, 0.4) is 0 Å². The summed E-state index contributed by atoms with van der Waals surface area (Å²) in [5.41, 5.74) is -4.13. The lowest BCUT2D eigenvalue weighted by molar-refractivity contribution is -0.138. The number of pyridine rings is 1. The lowest BCUT2D eigenvalue weighted by atomic mass is 10.0. The molecule has 0 amide bonds. The Hall–Kier alpha value is -2.22. The van der Waals surface area contributed by atoms with Crippen LogP contribution in [-0.4, -0.2) is 16.6 Å². The SMILES string of the molecule is CC(C)(C)OC(=O)c1c(C(F)(F)F)cc(-c2cc(F)cc(F)c2)nc1Cl. The zero-order chi connectivity index (χ0) is 19.9. The van der Waals surface area contributed by atoms with E-state index in [2.05, 4.69) is 4.98 Å². The second kappa shape index (κ2) is 6.83. The van der Waals surface area contributed by atoms with Crippen molar-refractivity contribution >= 4 is 17.6 Å². The molecule has 2 rings (SSSR count).